The smallest absolute Gasteiger partial charge is 0.125 e. The first-order valence-electron chi connectivity index (χ1n) is 5.91. The number of hydrogen-bond acceptors (Lipinski definition) is 3. The predicted octanol–water partition coefficient (Wildman–Crippen LogP) is 3.93. The highest BCUT2D eigenvalue weighted by atomic mass is 79.9. The van der Waals surface area contributed by atoms with Crippen LogP contribution in [0.2, 0.25) is 0 Å². The normalized spacial score (nSPS) is 10.3. The van der Waals surface area contributed by atoms with E-state index >= 15 is 0 Å². The summed E-state index contributed by atoms with van der Waals surface area (Å²) in [6.07, 6.45) is 0. The van der Waals surface area contributed by atoms with Gasteiger partial charge in [0, 0.05) is 15.7 Å². The SMILES string of the molecule is COc1ccc(N)cc1COc1cc(Br)ccc1C. The van der Waals surface area contributed by atoms with Crippen LogP contribution in [0.1, 0.15) is 11.1 Å². The largest absolute Gasteiger partial charge is 0.496 e. The monoisotopic (exact) mass is 321 g/mol. The number of nitrogens with two attached hydrogens (primary N) is 1. The van der Waals surface area contributed by atoms with Crippen molar-refractivity contribution >= 4 is 21.6 Å². The molecule has 2 aromatic carbocycles. The van der Waals surface area contributed by atoms with Gasteiger partial charge in [-0.25, -0.2) is 0 Å². The fraction of sp³-hybridized carbons (Fsp3) is 0.200. The maximum Gasteiger partial charge on any atom is 0.125 e. The number of nitrogen functional groups attached to an aromatic ring is 1. The van der Waals surface area contributed by atoms with E-state index in [4.69, 9.17) is 15.2 Å². The predicted molar refractivity (Wildman–Crippen MR) is 80.6 cm³/mol. The third-order valence-corrected chi connectivity index (χ3v) is 3.33. The van der Waals surface area contributed by atoms with Crippen LogP contribution in [-0.4, -0.2) is 7.11 Å². The lowest BCUT2D eigenvalue weighted by atomic mass is 10.2. The zero-order valence-corrected chi connectivity index (χ0v) is 12.5. The summed E-state index contributed by atoms with van der Waals surface area (Å²) in [5.74, 6) is 1.63. The van der Waals surface area contributed by atoms with Crippen LogP contribution in [0.4, 0.5) is 5.69 Å². The van der Waals surface area contributed by atoms with E-state index in [0.29, 0.717) is 12.3 Å². The Balaban J connectivity index is 2.18. The van der Waals surface area contributed by atoms with E-state index in [9.17, 15) is 0 Å². The van der Waals surface area contributed by atoms with Gasteiger partial charge in [-0.2, -0.15) is 0 Å². The Bertz CT molecular complexity index is 584. The van der Waals surface area contributed by atoms with Gasteiger partial charge in [-0.15, -0.1) is 0 Å². The summed E-state index contributed by atoms with van der Waals surface area (Å²) in [5, 5.41) is 0. The third-order valence-electron chi connectivity index (χ3n) is 2.84. The average Bonchev–Trinajstić information content (AvgIpc) is 2.40. The molecule has 0 aliphatic carbocycles. The number of hydrogen-bond donors (Lipinski definition) is 1. The molecule has 0 unspecified atom stereocenters. The number of methoxy groups -OCH3 is 1. The van der Waals surface area contributed by atoms with Crippen LogP contribution in [0, 0.1) is 6.92 Å². The van der Waals surface area contributed by atoms with E-state index in [0.717, 1.165) is 27.1 Å². The van der Waals surface area contributed by atoms with Crippen molar-refractivity contribution in [3.05, 3.63) is 52.0 Å². The summed E-state index contributed by atoms with van der Waals surface area (Å²) in [6.45, 7) is 2.43. The summed E-state index contributed by atoms with van der Waals surface area (Å²) in [7, 11) is 1.64. The van der Waals surface area contributed by atoms with Gasteiger partial charge < -0.3 is 15.2 Å². The quantitative estimate of drug-likeness (QED) is 0.868. The lowest BCUT2D eigenvalue weighted by Gasteiger charge is -2.12. The van der Waals surface area contributed by atoms with Gasteiger partial charge in [0.15, 0.2) is 0 Å². The first kappa shape index (κ1) is 13.7. The van der Waals surface area contributed by atoms with Crippen LogP contribution in [0.3, 0.4) is 0 Å². The summed E-state index contributed by atoms with van der Waals surface area (Å²) in [5.41, 5.74) is 8.51. The number of ether oxygens (including phenoxy) is 2. The van der Waals surface area contributed by atoms with Crippen LogP contribution < -0.4 is 15.2 Å². The van der Waals surface area contributed by atoms with E-state index in [1.165, 1.54) is 0 Å². The first-order chi connectivity index (χ1) is 9.10. The molecular formula is C15H16BrNO2. The van der Waals surface area contributed by atoms with Crippen molar-refractivity contribution < 1.29 is 9.47 Å². The molecule has 0 bridgehead atoms. The summed E-state index contributed by atoms with van der Waals surface area (Å²) in [6, 6.07) is 11.5. The standard InChI is InChI=1S/C15H16BrNO2/c1-10-3-4-12(16)8-15(10)19-9-11-7-13(17)5-6-14(11)18-2/h3-8H,9,17H2,1-2H3. The second-order valence-corrected chi connectivity index (χ2v) is 5.19. The molecule has 0 amide bonds. The molecule has 100 valence electrons. The van der Waals surface area contributed by atoms with Crippen molar-refractivity contribution in [3.63, 3.8) is 0 Å². The number of halogens is 1. The van der Waals surface area contributed by atoms with Gasteiger partial charge in [0.1, 0.15) is 18.1 Å². The molecular weight excluding hydrogens is 306 g/mol. The molecule has 4 heteroatoms. The van der Waals surface area contributed by atoms with Crippen molar-refractivity contribution in [1.82, 2.24) is 0 Å². The van der Waals surface area contributed by atoms with Crippen molar-refractivity contribution in [1.29, 1.82) is 0 Å². The lowest BCUT2D eigenvalue weighted by molar-refractivity contribution is 0.295. The molecule has 0 fully saturated rings. The van der Waals surface area contributed by atoms with E-state index in [1.807, 2.05) is 43.3 Å². The van der Waals surface area contributed by atoms with Crippen molar-refractivity contribution in [3.8, 4) is 11.5 Å². The van der Waals surface area contributed by atoms with Gasteiger partial charge in [0.2, 0.25) is 0 Å². The minimum absolute atomic E-state index is 0.422. The molecule has 0 aliphatic heterocycles. The Labute approximate surface area is 121 Å². The van der Waals surface area contributed by atoms with Gasteiger partial charge >= 0.3 is 0 Å². The number of benzene rings is 2. The van der Waals surface area contributed by atoms with Gasteiger partial charge in [0.05, 0.1) is 7.11 Å². The maximum atomic E-state index is 5.84. The molecule has 0 saturated carbocycles. The third kappa shape index (κ3) is 3.41. The van der Waals surface area contributed by atoms with E-state index < -0.39 is 0 Å². The van der Waals surface area contributed by atoms with Gasteiger partial charge in [-0.1, -0.05) is 22.0 Å². The molecule has 3 nitrogen and oxygen atoms in total. The van der Waals surface area contributed by atoms with Crippen LogP contribution in [-0.2, 0) is 6.61 Å². The molecule has 0 saturated heterocycles. The van der Waals surface area contributed by atoms with Crippen molar-refractivity contribution in [2.24, 2.45) is 0 Å². The highest BCUT2D eigenvalue weighted by molar-refractivity contribution is 9.10. The average molecular weight is 322 g/mol. The van der Waals surface area contributed by atoms with Crippen LogP contribution in [0.5, 0.6) is 11.5 Å². The lowest BCUT2D eigenvalue weighted by Crippen LogP contribution is -2.01. The molecule has 0 spiro atoms. The number of anilines is 1. The number of rotatable bonds is 4. The van der Waals surface area contributed by atoms with E-state index in [-0.39, 0.29) is 0 Å². The second-order valence-electron chi connectivity index (χ2n) is 4.27. The minimum atomic E-state index is 0.422. The molecule has 2 N–H and O–H groups in total. The van der Waals surface area contributed by atoms with Crippen molar-refractivity contribution in [2.45, 2.75) is 13.5 Å². The number of aryl methyl sites for hydroxylation is 1. The highest BCUT2D eigenvalue weighted by Crippen LogP contribution is 2.26. The molecule has 19 heavy (non-hydrogen) atoms. The zero-order chi connectivity index (χ0) is 13.8. The molecule has 2 rings (SSSR count). The van der Waals surface area contributed by atoms with Crippen LogP contribution in [0.25, 0.3) is 0 Å². The summed E-state index contributed by atoms with van der Waals surface area (Å²) < 4.78 is 12.1. The Hall–Kier alpha value is -1.68. The fourth-order valence-electron chi connectivity index (χ4n) is 1.80. The topological polar surface area (TPSA) is 44.5 Å². The highest BCUT2D eigenvalue weighted by Gasteiger charge is 2.06. The summed E-state index contributed by atoms with van der Waals surface area (Å²) in [4.78, 5) is 0. The van der Waals surface area contributed by atoms with Crippen LogP contribution >= 0.6 is 15.9 Å². The van der Waals surface area contributed by atoms with E-state index in [2.05, 4.69) is 15.9 Å². The Morgan fingerprint density at radius 3 is 2.63 bits per heavy atom. The molecule has 0 aliphatic rings. The Morgan fingerprint density at radius 1 is 1.11 bits per heavy atom. The molecule has 0 radical (unpaired) electrons. The first-order valence-corrected chi connectivity index (χ1v) is 6.71. The van der Waals surface area contributed by atoms with Crippen LogP contribution in [0.15, 0.2) is 40.9 Å². The molecule has 0 atom stereocenters. The minimum Gasteiger partial charge on any atom is -0.496 e. The second kappa shape index (κ2) is 5.97. The Morgan fingerprint density at radius 2 is 1.89 bits per heavy atom. The van der Waals surface area contributed by atoms with Gasteiger partial charge in [-0.3, -0.25) is 0 Å². The fourth-order valence-corrected chi connectivity index (χ4v) is 2.14. The summed E-state index contributed by atoms with van der Waals surface area (Å²) >= 11 is 3.44. The Kier molecular flexibility index (Phi) is 4.32. The molecule has 0 heterocycles. The zero-order valence-electron chi connectivity index (χ0n) is 10.9. The van der Waals surface area contributed by atoms with Gasteiger partial charge in [-0.05, 0) is 42.8 Å². The van der Waals surface area contributed by atoms with Crippen molar-refractivity contribution in [2.75, 3.05) is 12.8 Å². The van der Waals surface area contributed by atoms with E-state index in [1.54, 1.807) is 7.11 Å². The maximum absolute atomic E-state index is 5.84. The molecule has 2 aromatic rings. The van der Waals surface area contributed by atoms with Gasteiger partial charge in [0.25, 0.3) is 0 Å². The molecule has 0 aromatic heterocycles.